The van der Waals surface area contributed by atoms with Crippen LogP contribution in [0.2, 0.25) is 0 Å². The van der Waals surface area contributed by atoms with E-state index in [1.54, 1.807) is 0 Å². The smallest absolute Gasteiger partial charge is 0.325 e. The zero-order valence-electron chi connectivity index (χ0n) is 11.4. The van der Waals surface area contributed by atoms with Gasteiger partial charge in [-0.3, -0.25) is 10.1 Å². The number of nitrogens with one attached hydrogen (secondary N) is 1. The van der Waals surface area contributed by atoms with Crippen LogP contribution in [-0.2, 0) is 4.79 Å². The molecule has 0 amide bonds. The van der Waals surface area contributed by atoms with Gasteiger partial charge in [-0.1, -0.05) is 37.3 Å². The summed E-state index contributed by atoms with van der Waals surface area (Å²) in [7, 11) is 0. The maximum Gasteiger partial charge on any atom is 0.325 e. The average molecular weight is 262 g/mol. The molecule has 0 saturated carbocycles. The Balaban J connectivity index is 1.97. The van der Waals surface area contributed by atoms with Gasteiger partial charge in [-0.05, 0) is 38.0 Å². The SMILES string of the molecule is CCN1CCC(NC(C(=O)O)c2ccccc2)CC1. The van der Waals surface area contributed by atoms with Crippen molar-refractivity contribution in [3.05, 3.63) is 35.9 Å². The summed E-state index contributed by atoms with van der Waals surface area (Å²) in [5.41, 5.74) is 0.827. The lowest BCUT2D eigenvalue weighted by molar-refractivity contribution is -0.140. The Morgan fingerprint density at radius 2 is 2.00 bits per heavy atom. The van der Waals surface area contributed by atoms with Crippen molar-refractivity contribution in [2.45, 2.75) is 31.8 Å². The summed E-state index contributed by atoms with van der Waals surface area (Å²) < 4.78 is 0. The summed E-state index contributed by atoms with van der Waals surface area (Å²) >= 11 is 0. The van der Waals surface area contributed by atoms with Gasteiger partial charge in [0.1, 0.15) is 6.04 Å². The number of carboxylic acid groups (broad SMARTS) is 1. The van der Waals surface area contributed by atoms with Crippen LogP contribution in [0.5, 0.6) is 0 Å². The van der Waals surface area contributed by atoms with Gasteiger partial charge in [0.2, 0.25) is 0 Å². The maximum absolute atomic E-state index is 11.4. The predicted octanol–water partition coefficient (Wildman–Crippen LogP) is 1.89. The average Bonchev–Trinajstić information content (AvgIpc) is 2.46. The maximum atomic E-state index is 11.4. The lowest BCUT2D eigenvalue weighted by Crippen LogP contribution is -2.45. The van der Waals surface area contributed by atoms with Crippen molar-refractivity contribution in [2.75, 3.05) is 19.6 Å². The molecule has 1 aromatic carbocycles. The number of aliphatic carboxylic acids is 1. The van der Waals surface area contributed by atoms with Gasteiger partial charge in [0.05, 0.1) is 0 Å². The number of benzene rings is 1. The number of hydrogen-bond donors (Lipinski definition) is 2. The fraction of sp³-hybridized carbons (Fsp3) is 0.533. The minimum absolute atomic E-state index is 0.295. The van der Waals surface area contributed by atoms with Gasteiger partial charge in [0.15, 0.2) is 0 Å². The molecular weight excluding hydrogens is 240 g/mol. The summed E-state index contributed by atoms with van der Waals surface area (Å²) in [5, 5.41) is 12.7. The Kier molecular flexibility index (Phi) is 4.93. The van der Waals surface area contributed by atoms with Crippen LogP contribution >= 0.6 is 0 Å². The first-order chi connectivity index (χ1) is 9.20. The third-order valence-corrected chi connectivity index (χ3v) is 3.82. The number of rotatable bonds is 5. The number of nitrogens with zero attached hydrogens (tertiary/aromatic N) is 1. The summed E-state index contributed by atoms with van der Waals surface area (Å²) in [4.78, 5) is 13.8. The summed E-state index contributed by atoms with van der Waals surface area (Å²) in [6.45, 7) is 5.34. The van der Waals surface area contributed by atoms with Gasteiger partial charge in [-0.2, -0.15) is 0 Å². The van der Waals surface area contributed by atoms with E-state index in [0.29, 0.717) is 6.04 Å². The molecule has 0 bridgehead atoms. The predicted molar refractivity (Wildman–Crippen MR) is 75.1 cm³/mol. The van der Waals surface area contributed by atoms with Crippen LogP contribution in [0.1, 0.15) is 31.4 Å². The lowest BCUT2D eigenvalue weighted by atomic mass is 10.0. The fourth-order valence-electron chi connectivity index (χ4n) is 2.61. The van der Waals surface area contributed by atoms with E-state index in [1.165, 1.54) is 0 Å². The van der Waals surface area contributed by atoms with Crippen molar-refractivity contribution in [2.24, 2.45) is 0 Å². The van der Waals surface area contributed by atoms with Crippen molar-refractivity contribution >= 4 is 5.97 Å². The van der Waals surface area contributed by atoms with Crippen molar-refractivity contribution in [1.29, 1.82) is 0 Å². The summed E-state index contributed by atoms with van der Waals surface area (Å²) in [6, 6.07) is 9.10. The summed E-state index contributed by atoms with van der Waals surface area (Å²) in [6.07, 6.45) is 2.04. The molecule has 0 radical (unpaired) electrons. The largest absolute Gasteiger partial charge is 0.480 e. The van der Waals surface area contributed by atoms with E-state index in [1.807, 2.05) is 30.3 Å². The van der Waals surface area contributed by atoms with Crippen LogP contribution in [0.25, 0.3) is 0 Å². The Morgan fingerprint density at radius 3 is 2.53 bits per heavy atom. The molecule has 1 saturated heterocycles. The van der Waals surface area contributed by atoms with E-state index in [0.717, 1.165) is 38.0 Å². The zero-order chi connectivity index (χ0) is 13.7. The van der Waals surface area contributed by atoms with E-state index in [-0.39, 0.29) is 0 Å². The highest BCUT2D eigenvalue weighted by Crippen LogP contribution is 2.18. The first-order valence-corrected chi connectivity index (χ1v) is 6.97. The number of carbonyl (C=O) groups is 1. The summed E-state index contributed by atoms with van der Waals surface area (Å²) in [5.74, 6) is -0.802. The first-order valence-electron chi connectivity index (χ1n) is 6.97. The van der Waals surface area contributed by atoms with Gasteiger partial charge in [-0.25, -0.2) is 0 Å². The molecule has 1 fully saturated rings. The molecule has 104 valence electrons. The molecule has 4 heteroatoms. The molecule has 0 aliphatic carbocycles. The van der Waals surface area contributed by atoms with E-state index in [9.17, 15) is 9.90 Å². The minimum atomic E-state index is -0.802. The van der Waals surface area contributed by atoms with E-state index in [4.69, 9.17) is 0 Å². The van der Waals surface area contributed by atoms with Gasteiger partial charge in [0.25, 0.3) is 0 Å². The van der Waals surface area contributed by atoms with Crippen molar-refractivity contribution in [1.82, 2.24) is 10.2 Å². The second-order valence-electron chi connectivity index (χ2n) is 5.06. The molecule has 19 heavy (non-hydrogen) atoms. The zero-order valence-corrected chi connectivity index (χ0v) is 11.4. The molecule has 0 spiro atoms. The third kappa shape index (κ3) is 3.78. The van der Waals surface area contributed by atoms with Gasteiger partial charge >= 0.3 is 5.97 Å². The first kappa shape index (κ1) is 14.0. The van der Waals surface area contributed by atoms with E-state index in [2.05, 4.69) is 17.1 Å². The molecule has 4 nitrogen and oxygen atoms in total. The standard InChI is InChI=1S/C15H22N2O2/c1-2-17-10-8-13(9-11-17)16-14(15(18)19)12-6-4-3-5-7-12/h3-7,13-14,16H,2,8-11H2,1H3,(H,18,19). The van der Waals surface area contributed by atoms with Gasteiger partial charge < -0.3 is 10.0 Å². The molecule has 1 aromatic rings. The van der Waals surface area contributed by atoms with Crippen LogP contribution < -0.4 is 5.32 Å². The highest BCUT2D eigenvalue weighted by molar-refractivity contribution is 5.75. The fourth-order valence-corrected chi connectivity index (χ4v) is 2.61. The second kappa shape index (κ2) is 6.68. The molecule has 1 heterocycles. The van der Waals surface area contributed by atoms with E-state index >= 15 is 0 Å². The van der Waals surface area contributed by atoms with Crippen molar-refractivity contribution in [3.8, 4) is 0 Å². The molecule has 2 rings (SSSR count). The second-order valence-corrected chi connectivity index (χ2v) is 5.06. The molecule has 2 N–H and O–H groups in total. The lowest BCUT2D eigenvalue weighted by Gasteiger charge is -2.33. The van der Waals surface area contributed by atoms with Crippen molar-refractivity contribution in [3.63, 3.8) is 0 Å². The van der Waals surface area contributed by atoms with Crippen LogP contribution in [-0.4, -0.2) is 41.7 Å². The van der Waals surface area contributed by atoms with Crippen LogP contribution in [0.4, 0.5) is 0 Å². The van der Waals surface area contributed by atoms with Crippen LogP contribution in [0.3, 0.4) is 0 Å². The van der Waals surface area contributed by atoms with Crippen molar-refractivity contribution < 1.29 is 9.90 Å². The number of likely N-dealkylation sites (tertiary alicyclic amines) is 1. The number of hydrogen-bond acceptors (Lipinski definition) is 3. The quantitative estimate of drug-likeness (QED) is 0.851. The van der Waals surface area contributed by atoms with Crippen LogP contribution in [0, 0.1) is 0 Å². The molecule has 1 atom stereocenters. The van der Waals surface area contributed by atoms with E-state index < -0.39 is 12.0 Å². The Bertz CT molecular complexity index is 400. The topological polar surface area (TPSA) is 52.6 Å². The van der Waals surface area contributed by atoms with Crippen LogP contribution in [0.15, 0.2) is 30.3 Å². The molecule has 0 aromatic heterocycles. The Labute approximate surface area is 114 Å². The number of carboxylic acids is 1. The highest BCUT2D eigenvalue weighted by Gasteiger charge is 2.25. The Morgan fingerprint density at radius 1 is 1.37 bits per heavy atom. The van der Waals surface area contributed by atoms with Gasteiger partial charge in [-0.15, -0.1) is 0 Å². The molecular formula is C15H22N2O2. The number of piperidine rings is 1. The monoisotopic (exact) mass is 262 g/mol. The minimum Gasteiger partial charge on any atom is -0.480 e. The molecule has 1 unspecified atom stereocenters. The molecule has 1 aliphatic rings. The highest BCUT2D eigenvalue weighted by atomic mass is 16.4. The third-order valence-electron chi connectivity index (χ3n) is 3.82. The normalized spacial score (nSPS) is 19.2. The Hall–Kier alpha value is -1.39. The van der Waals surface area contributed by atoms with Gasteiger partial charge in [0, 0.05) is 6.04 Å². The molecule has 1 aliphatic heterocycles.